The first kappa shape index (κ1) is 22.7. The third-order valence-electron chi connectivity index (χ3n) is 5.19. The zero-order valence-corrected chi connectivity index (χ0v) is 18.6. The van der Waals surface area contributed by atoms with Crippen LogP contribution in [-0.4, -0.2) is 11.9 Å². The minimum atomic E-state index is -0.353. The van der Waals surface area contributed by atoms with Crippen molar-refractivity contribution >= 4 is 24.1 Å². The third kappa shape index (κ3) is 6.53. The van der Waals surface area contributed by atoms with Crippen LogP contribution in [0, 0.1) is 0 Å². The third-order valence-corrected chi connectivity index (χ3v) is 5.19. The quantitative estimate of drug-likeness (QED) is 0.226. The molecular formula is C30H24O4. The summed E-state index contributed by atoms with van der Waals surface area (Å²) in [5, 5.41) is 0. The van der Waals surface area contributed by atoms with Crippen molar-refractivity contribution in [3.05, 3.63) is 143 Å². The lowest BCUT2D eigenvalue weighted by atomic mass is 10.1. The first-order valence-corrected chi connectivity index (χ1v) is 11.0. The van der Waals surface area contributed by atoms with Crippen LogP contribution >= 0.6 is 0 Å². The van der Waals surface area contributed by atoms with Gasteiger partial charge in [-0.25, -0.2) is 9.59 Å². The zero-order valence-electron chi connectivity index (χ0n) is 18.6. The molecule has 0 heterocycles. The van der Waals surface area contributed by atoms with E-state index in [1.165, 1.54) is 0 Å². The second kappa shape index (κ2) is 11.4. The fourth-order valence-electron chi connectivity index (χ4n) is 3.27. The molecule has 4 rings (SSSR count). The van der Waals surface area contributed by atoms with Gasteiger partial charge in [-0.05, 0) is 46.5 Å². The summed E-state index contributed by atoms with van der Waals surface area (Å²) in [7, 11) is 0. The van der Waals surface area contributed by atoms with Gasteiger partial charge in [0.25, 0.3) is 0 Å². The monoisotopic (exact) mass is 448 g/mol. The van der Waals surface area contributed by atoms with Gasteiger partial charge in [-0.1, -0.05) is 97.1 Å². The Morgan fingerprint density at radius 1 is 0.500 bits per heavy atom. The molecule has 0 radical (unpaired) electrons. The molecule has 168 valence electrons. The zero-order chi connectivity index (χ0) is 23.6. The summed E-state index contributed by atoms with van der Waals surface area (Å²) in [5.41, 5.74) is 4.81. The minimum absolute atomic E-state index is 0.247. The van der Waals surface area contributed by atoms with Crippen LogP contribution < -0.4 is 0 Å². The molecular weight excluding hydrogens is 424 g/mol. The number of hydrogen-bond acceptors (Lipinski definition) is 4. The fraction of sp³-hybridized carbons (Fsp3) is 0.0667. The van der Waals surface area contributed by atoms with Gasteiger partial charge in [0, 0.05) is 0 Å². The number of ether oxygens (including phenoxy) is 2. The predicted molar refractivity (Wildman–Crippen MR) is 133 cm³/mol. The second-order valence-corrected chi connectivity index (χ2v) is 7.70. The highest BCUT2D eigenvalue weighted by Gasteiger charge is 2.08. The van der Waals surface area contributed by atoms with Crippen molar-refractivity contribution in [3.8, 4) is 0 Å². The predicted octanol–water partition coefficient (Wildman–Crippen LogP) is 6.57. The number of esters is 2. The maximum atomic E-state index is 12.2. The largest absolute Gasteiger partial charge is 0.457 e. The summed E-state index contributed by atoms with van der Waals surface area (Å²) in [6.45, 7) is 0.494. The molecule has 4 heteroatoms. The van der Waals surface area contributed by atoms with E-state index in [0.29, 0.717) is 11.1 Å². The molecule has 0 N–H and O–H groups in total. The Balaban J connectivity index is 1.29. The van der Waals surface area contributed by atoms with Crippen LogP contribution in [0.3, 0.4) is 0 Å². The highest BCUT2D eigenvalue weighted by molar-refractivity contribution is 5.90. The number of hydrogen-bond donors (Lipinski definition) is 0. The van der Waals surface area contributed by atoms with Crippen LogP contribution in [0.15, 0.2) is 109 Å². The highest BCUT2D eigenvalue weighted by Crippen LogP contribution is 2.14. The Hall–Kier alpha value is -4.44. The van der Waals surface area contributed by atoms with Gasteiger partial charge in [-0.2, -0.15) is 0 Å². The maximum Gasteiger partial charge on any atom is 0.338 e. The number of benzene rings is 4. The molecule has 0 spiro atoms. The molecule has 0 aliphatic carbocycles. The summed E-state index contributed by atoms with van der Waals surface area (Å²) < 4.78 is 10.7. The van der Waals surface area contributed by atoms with Gasteiger partial charge in [0.05, 0.1) is 11.1 Å². The van der Waals surface area contributed by atoms with Gasteiger partial charge in [-0.3, -0.25) is 0 Å². The van der Waals surface area contributed by atoms with E-state index in [1.807, 2.05) is 97.1 Å². The molecule has 0 bridgehead atoms. The van der Waals surface area contributed by atoms with Crippen molar-refractivity contribution in [3.63, 3.8) is 0 Å². The van der Waals surface area contributed by atoms with E-state index in [-0.39, 0.29) is 25.2 Å². The molecule has 0 atom stereocenters. The molecule has 4 aromatic carbocycles. The number of carbonyl (C=O) groups is 2. The van der Waals surface area contributed by atoms with Gasteiger partial charge >= 0.3 is 11.9 Å². The van der Waals surface area contributed by atoms with Crippen LogP contribution in [0.4, 0.5) is 0 Å². The first-order valence-electron chi connectivity index (χ1n) is 11.0. The molecule has 0 unspecified atom stereocenters. The Bertz CT molecular complexity index is 1140. The number of carbonyl (C=O) groups excluding carboxylic acids is 2. The smallest absolute Gasteiger partial charge is 0.338 e. The Morgan fingerprint density at radius 3 is 1.21 bits per heavy atom. The van der Waals surface area contributed by atoms with Gasteiger partial charge in [0.15, 0.2) is 0 Å². The fourth-order valence-corrected chi connectivity index (χ4v) is 3.27. The molecule has 4 nitrogen and oxygen atoms in total. The lowest BCUT2D eigenvalue weighted by molar-refractivity contribution is 0.0464. The van der Waals surface area contributed by atoms with Crippen molar-refractivity contribution in [1.29, 1.82) is 0 Å². The molecule has 0 fully saturated rings. The van der Waals surface area contributed by atoms with Gasteiger partial charge in [0.1, 0.15) is 13.2 Å². The SMILES string of the molecule is O=C(OCc1ccccc1)c1ccc(C=Cc2ccc(C(=O)OCc3ccccc3)cc2)cc1. The molecule has 0 saturated heterocycles. The first-order chi connectivity index (χ1) is 16.7. The molecule has 34 heavy (non-hydrogen) atoms. The minimum Gasteiger partial charge on any atom is -0.457 e. The summed E-state index contributed by atoms with van der Waals surface area (Å²) in [4.78, 5) is 24.5. The van der Waals surface area contributed by atoms with E-state index >= 15 is 0 Å². The molecule has 4 aromatic rings. The normalized spacial score (nSPS) is 10.7. The van der Waals surface area contributed by atoms with Crippen molar-refractivity contribution in [2.75, 3.05) is 0 Å². The van der Waals surface area contributed by atoms with Crippen molar-refractivity contribution in [2.45, 2.75) is 13.2 Å². The van der Waals surface area contributed by atoms with Crippen molar-refractivity contribution in [1.82, 2.24) is 0 Å². The van der Waals surface area contributed by atoms with Crippen molar-refractivity contribution < 1.29 is 19.1 Å². The number of rotatable bonds is 8. The van der Waals surface area contributed by atoms with E-state index in [0.717, 1.165) is 22.3 Å². The summed E-state index contributed by atoms with van der Waals surface area (Å²) in [6, 6.07) is 33.6. The summed E-state index contributed by atoms with van der Waals surface area (Å²) in [5.74, 6) is -0.705. The lowest BCUT2D eigenvalue weighted by Crippen LogP contribution is -2.05. The maximum absolute atomic E-state index is 12.2. The van der Waals surface area contributed by atoms with Gasteiger partial charge in [-0.15, -0.1) is 0 Å². The average Bonchev–Trinajstić information content (AvgIpc) is 2.91. The topological polar surface area (TPSA) is 52.6 Å². The highest BCUT2D eigenvalue weighted by atomic mass is 16.5. The molecule has 0 saturated carbocycles. The van der Waals surface area contributed by atoms with Crippen molar-refractivity contribution in [2.24, 2.45) is 0 Å². The Kier molecular flexibility index (Phi) is 7.65. The van der Waals surface area contributed by atoms with Gasteiger partial charge < -0.3 is 9.47 Å². The van der Waals surface area contributed by atoms with Crippen LogP contribution in [0.25, 0.3) is 12.2 Å². The Labute approximate surface area is 199 Å². The second-order valence-electron chi connectivity index (χ2n) is 7.70. The lowest BCUT2D eigenvalue weighted by Gasteiger charge is -2.05. The molecule has 0 aliphatic rings. The Morgan fingerprint density at radius 2 is 0.853 bits per heavy atom. The van der Waals surface area contributed by atoms with Crippen LogP contribution in [0.2, 0.25) is 0 Å². The van der Waals surface area contributed by atoms with Crippen LogP contribution in [0.5, 0.6) is 0 Å². The van der Waals surface area contributed by atoms with E-state index in [9.17, 15) is 9.59 Å². The standard InChI is InChI=1S/C30H24O4/c31-29(33-21-25-7-3-1-4-8-25)27-17-13-23(14-18-27)11-12-24-15-19-28(20-16-24)30(32)34-22-26-9-5-2-6-10-26/h1-20H,21-22H2. The molecule has 0 aromatic heterocycles. The molecule has 0 amide bonds. The molecule has 0 aliphatic heterocycles. The van der Waals surface area contributed by atoms with E-state index in [4.69, 9.17) is 9.47 Å². The average molecular weight is 449 g/mol. The van der Waals surface area contributed by atoms with E-state index in [2.05, 4.69) is 0 Å². The van der Waals surface area contributed by atoms with Crippen LogP contribution in [0.1, 0.15) is 43.0 Å². The van der Waals surface area contributed by atoms with Gasteiger partial charge in [0.2, 0.25) is 0 Å². The van der Waals surface area contributed by atoms with E-state index in [1.54, 1.807) is 24.3 Å². The summed E-state index contributed by atoms with van der Waals surface area (Å²) >= 11 is 0. The summed E-state index contributed by atoms with van der Waals surface area (Å²) in [6.07, 6.45) is 3.89. The van der Waals surface area contributed by atoms with E-state index < -0.39 is 0 Å². The van der Waals surface area contributed by atoms with Crippen LogP contribution in [-0.2, 0) is 22.7 Å².